The summed E-state index contributed by atoms with van der Waals surface area (Å²) in [6, 6.07) is 3.84. The van der Waals surface area contributed by atoms with Crippen molar-refractivity contribution < 1.29 is 4.74 Å². The van der Waals surface area contributed by atoms with Crippen LogP contribution in [0.2, 0.25) is 0 Å². The maximum Gasteiger partial charge on any atom is 0.212 e. The molecule has 1 aromatic heterocycles. The predicted octanol–water partition coefficient (Wildman–Crippen LogP) is 0.529. The van der Waals surface area contributed by atoms with Crippen LogP contribution in [-0.4, -0.2) is 31.1 Å². The highest BCUT2D eigenvalue weighted by Crippen LogP contribution is 2.06. The van der Waals surface area contributed by atoms with Gasteiger partial charge in [0, 0.05) is 31.9 Å². The Morgan fingerprint density at radius 1 is 1.50 bits per heavy atom. The van der Waals surface area contributed by atoms with Crippen LogP contribution in [0.3, 0.4) is 0 Å². The lowest BCUT2D eigenvalue weighted by atomic mass is 10.3. The van der Waals surface area contributed by atoms with E-state index in [0.29, 0.717) is 5.88 Å². The Morgan fingerprint density at radius 2 is 2.44 bits per heavy atom. The summed E-state index contributed by atoms with van der Waals surface area (Å²) >= 11 is 0. The number of aromatic nitrogens is 1. The average Bonchev–Trinajstić information content (AvgIpc) is 2.38. The molecule has 5 nitrogen and oxygen atoms in total. The number of aliphatic imine (C=N–C) groups is 1. The lowest BCUT2D eigenvalue weighted by Crippen LogP contribution is -2.40. The number of hydrogen-bond donors (Lipinski definition) is 2. The third kappa shape index (κ3) is 2.85. The lowest BCUT2D eigenvalue weighted by molar-refractivity contribution is 0.397. The van der Waals surface area contributed by atoms with E-state index < -0.39 is 0 Å². The molecule has 0 unspecified atom stereocenters. The molecule has 1 aliphatic rings. The molecular weight excluding hydrogens is 204 g/mol. The van der Waals surface area contributed by atoms with Crippen molar-refractivity contribution in [1.82, 2.24) is 15.6 Å². The fraction of sp³-hybridized carbons (Fsp3) is 0.455. The molecule has 86 valence electrons. The molecule has 2 heterocycles. The number of nitrogens with one attached hydrogen (secondary N) is 2. The van der Waals surface area contributed by atoms with Gasteiger partial charge in [0.1, 0.15) is 0 Å². The van der Waals surface area contributed by atoms with Crippen LogP contribution in [0.25, 0.3) is 0 Å². The molecule has 0 atom stereocenters. The Labute approximate surface area is 94.9 Å². The number of hydrogen-bond acceptors (Lipinski definition) is 5. The monoisotopic (exact) mass is 220 g/mol. The summed E-state index contributed by atoms with van der Waals surface area (Å²) in [6.45, 7) is 2.62. The second-order valence-corrected chi connectivity index (χ2v) is 3.57. The second-order valence-electron chi connectivity index (χ2n) is 3.57. The third-order valence-corrected chi connectivity index (χ3v) is 2.36. The first kappa shape index (κ1) is 10.7. The van der Waals surface area contributed by atoms with E-state index in [9.17, 15) is 0 Å². The van der Waals surface area contributed by atoms with Crippen molar-refractivity contribution in [2.75, 3.05) is 20.2 Å². The summed E-state index contributed by atoms with van der Waals surface area (Å²) < 4.78 is 5.00. The van der Waals surface area contributed by atoms with Crippen LogP contribution in [0.1, 0.15) is 12.0 Å². The third-order valence-electron chi connectivity index (χ3n) is 2.36. The molecule has 1 aromatic rings. The van der Waals surface area contributed by atoms with E-state index in [1.165, 1.54) is 0 Å². The Balaban J connectivity index is 1.86. The van der Waals surface area contributed by atoms with Crippen molar-refractivity contribution in [3.63, 3.8) is 0 Å². The zero-order valence-corrected chi connectivity index (χ0v) is 9.36. The van der Waals surface area contributed by atoms with Gasteiger partial charge >= 0.3 is 0 Å². The SMILES string of the molecule is COc1ccc(CNC2=NCCCN2)cn1. The molecular formula is C11H16N4O. The van der Waals surface area contributed by atoms with Crippen molar-refractivity contribution in [1.29, 1.82) is 0 Å². The van der Waals surface area contributed by atoms with Crippen LogP contribution in [0, 0.1) is 0 Å². The molecule has 0 aliphatic carbocycles. The topological polar surface area (TPSA) is 58.5 Å². The summed E-state index contributed by atoms with van der Waals surface area (Å²) in [4.78, 5) is 8.47. The lowest BCUT2D eigenvalue weighted by Gasteiger charge is -2.15. The number of ether oxygens (including phenoxy) is 1. The minimum Gasteiger partial charge on any atom is -0.481 e. The summed E-state index contributed by atoms with van der Waals surface area (Å²) in [5.41, 5.74) is 1.11. The molecule has 2 rings (SSSR count). The van der Waals surface area contributed by atoms with Gasteiger partial charge < -0.3 is 15.4 Å². The quantitative estimate of drug-likeness (QED) is 0.780. The molecule has 0 spiro atoms. The highest BCUT2D eigenvalue weighted by molar-refractivity contribution is 5.80. The zero-order chi connectivity index (χ0) is 11.2. The number of pyridine rings is 1. The Kier molecular flexibility index (Phi) is 3.58. The first-order valence-corrected chi connectivity index (χ1v) is 5.39. The van der Waals surface area contributed by atoms with Crippen molar-refractivity contribution in [3.8, 4) is 5.88 Å². The largest absolute Gasteiger partial charge is 0.481 e. The minimum absolute atomic E-state index is 0.636. The summed E-state index contributed by atoms with van der Waals surface area (Å²) in [6.07, 6.45) is 2.91. The molecule has 0 fully saturated rings. The zero-order valence-electron chi connectivity index (χ0n) is 9.36. The predicted molar refractivity (Wildman–Crippen MR) is 62.6 cm³/mol. The smallest absolute Gasteiger partial charge is 0.212 e. The van der Waals surface area contributed by atoms with Crippen LogP contribution in [0.5, 0.6) is 5.88 Å². The van der Waals surface area contributed by atoms with Crippen molar-refractivity contribution >= 4 is 5.96 Å². The van der Waals surface area contributed by atoms with Crippen molar-refractivity contribution in [3.05, 3.63) is 23.9 Å². The van der Waals surface area contributed by atoms with E-state index >= 15 is 0 Å². The van der Waals surface area contributed by atoms with Gasteiger partial charge in [0.15, 0.2) is 5.96 Å². The van der Waals surface area contributed by atoms with Crippen LogP contribution in [0.15, 0.2) is 23.3 Å². The molecule has 1 aliphatic heterocycles. The van der Waals surface area contributed by atoms with Crippen LogP contribution >= 0.6 is 0 Å². The van der Waals surface area contributed by atoms with Gasteiger partial charge in [0.2, 0.25) is 5.88 Å². The first-order valence-electron chi connectivity index (χ1n) is 5.39. The molecule has 16 heavy (non-hydrogen) atoms. The van der Waals surface area contributed by atoms with E-state index in [1.54, 1.807) is 13.3 Å². The number of rotatable bonds is 3. The summed E-state index contributed by atoms with van der Waals surface area (Å²) in [7, 11) is 1.61. The van der Waals surface area contributed by atoms with E-state index in [2.05, 4.69) is 20.6 Å². The van der Waals surface area contributed by atoms with Gasteiger partial charge in [0.25, 0.3) is 0 Å². The van der Waals surface area contributed by atoms with Crippen molar-refractivity contribution in [2.24, 2.45) is 4.99 Å². The average molecular weight is 220 g/mol. The van der Waals surface area contributed by atoms with E-state index in [1.807, 2.05) is 12.1 Å². The molecule has 2 N–H and O–H groups in total. The Morgan fingerprint density at radius 3 is 3.06 bits per heavy atom. The fourth-order valence-corrected chi connectivity index (χ4v) is 1.47. The maximum absolute atomic E-state index is 5.00. The van der Waals surface area contributed by atoms with Crippen molar-refractivity contribution in [2.45, 2.75) is 13.0 Å². The number of nitrogens with zero attached hydrogens (tertiary/aromatic N) is 2. The normalized spacial score (nSPS) is 14.9. The fourth-order valence-electron chi connectivity index (χ4n) is 1.47. The van der Waals surface area contributed by atoms with E-state index in [4.69, 9.17) is 4.74 Å². The molecule has 0 amide bonds. The van der Waals surface area contributed by atoms with Crippen LogP contribution in [0.4, 0.5) is 0 Å². The van der Waals surface area contributed by atoms with Gasteiger partial charge in [-0.1, -0.05) is 6.07 Å². The standard InChI is InChI=1S/C11H16N4O/c1-16-10-4-3-9(7-14-10)8-15-11-12-5-2-6-13-11/h3-4,7H,2,5-6,8H2,1H3,(H2,12,13,15). The summed E-state index contributed by atoms with van der Waals surface area (Å²) in [5.74, 6) is 1.51. The molecule has 0 saturated heterocycles. The van der Waals surface area contributed by atoms with E-state index in [-0.39, 0.29) is 0 Å². The number of guanidine groups is 1. The Bertz CT molecular complexity index is 361. The second kappa shape index (κ2) is 5.34. The molecule has 5 heteroatoms. The van der Waals surface area contributed by atoms with Gasteiger partial charge in [-0.2, -0.15) is 0 Å². The summed E-state index contributed by atoms with van der Waals surface area (Å²) in [5, 5.41) is 6.44. The first-order chi connectivity index (χ1) is 7.88. The van der Waals surface area contributed by atoms with Crippen LogP contribution < -0.4 is 15.4 Å². The molecule has 0 bridgehead atoms. The molecule has 0 radical (unpaired) electrons. The van der Waals surface area contributed by atoms with E-state index in [0.717, 1.165) is 37.6 Å². The van der Waals surface area contributed by atoms with Gasteiger partial charge in [-0.3, -0.25) is 4.99 Å². The highest BCUT2D eigenvalue weighted by Gasteiger charge is 2.03. The van der Waals surface area contributed by atoms with Crippen LogP contribution in [-0.2, 0) is 6.54 Å². The van der Waals surface area contributed by atoms with Gasteiger partial charge in [-0.25, -0.2) is 4.98 Å². The van der Waals surface area contributed by atoms with Gasteiger partial charge in [-0.05, 0) is 12.0 Å². The minimum atomic E-state index is 0.636. The number of methoxy groups -OCH3 is 1. The maximum atomic E-state index is 5.00. The van der Waals surface area contributed by atoms with Gasteiger partial charge in [-0.15, -0.1) is 0 Å². The molecule has 0 saturated carbocycles. The Hall–Kier alpha value is -1.78. The highest BCUT2D eigenvalue weighted by atomic mass is 16.5. The molecule has 0 aromatic carbocycles. The van der Waals surface area contributed by atoms with Gasteiger partial charge in [0.05, 0.1) is 7.11 Å².